The number of para-hydroxylation sites is 1. The summed E-state index contributed by atoms with van der Waals surface area (Å²) in [4.78, 5) is 0. The van der Waals surface area contributed by atoms with Gasteiger partial charge >= 0.3 is 0 Å². The molecular formula is C18H24O2. The molecule has 1 heterocycles. The zero-order valence-electron chi connectivity index (χ0n) is 12.6. The second-order valence-corrected chi connectivity index (χ2v) is 7.32. The van der Waals surface area contributed by atoms with Crippen LogP contribution >= 0.6 is 0 Å². The molecule has 1 aromatic carbocycles. The van der Waals surface area contributed by atoms with Crippen molar-refractivity contribution in [1.82, 2.24) is 0 Å². The van der Waals surface area contributed by atoms with Crippen LogP contribution in [-0.2, 0) is 5.60 Å². The molecule has 0 bridgehead atoms. The molecule has 1 aliphatic carbocycles. The summed E-state index contributed by atoms with van der Waals surface area (Å²) in [6.07, 6.45) is 3.73. The number of fused-ring (bicyclic) bond motifs is 1. The van der Waals surface area contributed by atoms with Gasteiger partial charge in [0.1, 0.15) is 16.9 Å². The van der Waals surface area contributed by atoms with E-state index in [1.165, 1.54) is 0 Å². The molecular weight excluding hydrogens is 248 g/mol. The first kappa shape index (κ1) is 13.7. The fraction of sp³-hybridized carbons (Fsp3) is 0.556. The van der Waals surface area contributed by atoms with Crippen molar-refractivity contribution < 1.29 is 9.52 Å². The van der Waals surface area contributed by atoms with Crippen molar-refractivity contribution in [3.05, 3.63) is 36.1 Å². The first-order valence-corrected chi connectivity index (χ1v) is 7.60. The fourth-order valence-corrected chi connectivity index (χ4v) is 3.42. The monoisotopic (exact) mass is 272 g/mol. The zero-order valence-corrected chi connectivity index (χ0v) is 12.6. The fourth-order valence-electron chi connectivity index (χ4n) is 3.42. The highest BCUT2D eigenvalue weighted by atomic mass is 16.4. The summed E-state index contributed by atoms with van der Waals surface area (Å²) >= 11 is 0. The van der Waals surface area contributed by atoms with Gasteiger partial charge in [0, 0.05) is 5.39 Å². The highest BCUT2D eigenvalue weighted by Gasteiger charge is 2.40. The average Bonchev–Trinajstić information content (AvgIpc) is 2.82. The van der Waals surface area contributed by atoms with Gasteiger partial charge in [0.2, 0.25) is 0 Å². The molecule has 0 amide bonds. The van der Waals surface area contributed by atoms with Gasteiger partial charge < -0.3 is 9.52 Å². The minimum Gasteiger partial charge on any atom is -0.458 e. The maximum atomic E-state index is 10.9. The summed E-state index contributed by atoms with van der Waals surface area (Å²) < 4.78 is 5.88. The molecule has 2 aromatic rings. The van der Waals surface area contributed by atoms with Gasteiger partial charge in [-0.2, -0.15) is 0 Å². The van der Waals surface area contributed by atoms with Gasteiger partial charge in [-0.3, -0.25) is 0 Å². The number of hydrogen-bond acceptors (Lipinski definition) is 2. The Morgan fingerprint density at radius 3 is 2.40 bits per heavy atom. The van der Waals surface area contributed by atoms with Gasteiger partial charge in [-0.05, 0) is 49.1 Å². The van der Waals surface area contributed by atoms with Gasteiger partial charge in [-0.15, -0.1) is 0 Å². The van der Waals surface area contributed by atoms with Crippen molar-refractivity contribution in [1.29, 1.82) is 0 Å². The Hall–Kier alpha value is -1.28. The highest BCUT2D eigenvalue weighted by molar-refractivity contribution is 5.77. The predicted octanol–water partition coefficient (Wildman–Crippen LogP) is 4.86. The molecule has 1 aliphatic rings. The third-order valence-corrected chi connectivity index (χ3v) is 4.92. The lowest BCUT2D eigenvalue weighted by atomic mass is 9.68. The van der Waals surface area contributed by atoms with Crippen LogP contribution in [0.5, 0.6) is 0 Å². The van der Waals surface area contributed by atoms with E-state index in [4.69, 9.17) is 4.42 Å². The minimum atomic E-state index is -0.777. The van der Waals surface area contributed by atoms with E-state index in [0.717, 1.165) is 42.4 Å². The summed E-state index contributed by atoms with van der Waals surface area (Å²) in [5, 5.41) is 12.0. The van der Waals surface area contributed by atoms with Gasteiger partial charge in [0.15, 0.2) is 0 Å². The second kappa shape index (κ2) is 4.63. The van der Waals surface area contributed by atoms with Gasteiger partial charge in [0.25, 0.3) is 0 Å². The van der Waals surface area contributed by atoms with Crippen LogP contribution in [0.25, 0.3) is 11.0 Å². The van der Waals surface area contributed by atoms with Crippen LogP contribution in [0.3, 0.4) is 0 Å². The molecule has 0 radical (unpaired) electrons. The minimum absolute atomic E-state index is 0.329. The molecule has 1 aromatic heterocycles. The van der Waals surface area contributed by atoms with Crippen LogP contribution in [0.15, 0.2) is 34.7 Å². The van der Waals surface area contributed by atoms with E-state index in [2.05, 4.69) is 20.8 Å². The van der Waals surface area contributed by atoms with Crippen molar-refractivity contribution in [3.8, 4) is 0 Å². The Kier molecular flexibility index (Phi) is 3.17. The van der Waals surface area contributed by atoms with Gasteiger partial charge in [0.05, 0.1) is 0 Å². The molecule has 0 saturated heterocycles. The van der Waals surface area contributed by atoms with Gasteiger partial charge in [-0.1, -0.05) is 39.0 Å². The smallest absolute Gasteiger partial charge is 0.136 e. The lowest BCUT2D eigenvalue weighted by Gasteiger charge is -2.40. The SMILES string of the molecule is CC(C)(C)C1CCC(O)(c2cc3ccccc3o2)CC1. The third kappa shape index (κ3) is 2.37. The Labute approximate surface area is 120 Å². The van der Waals surface area contributed by atoms with E-state index in [9.17, 15) is 5.11 Å². The Morgan fingerprint density at radius 1 is 1.15 bits per heavy atom. The first-order valence-electron chi connectivity index (χ1n) is 7.60. The average molecular weight is 272 g/mol. The van der Waals surface area contributed by atoms with E-state index in [1.807, 2.05) is 30.3 Å². The van der Waals surface area contributed by atoms with Gasteiger partial charge in [-0.25, -0.2) is 0 Å². The quantitative estimate of drug-likeness (QED) is 0.804. The molecule has 0 atom stereocenters. The first-order chi connectivity index (χ1) is 9.38. The largest absolute Gasteiger partial charge is 0.458 e. The summed E-state index contributed by atoms with van der Waals surface area (Å²) in [5.41, 5.74) is 0.421. The number of aliphatic hydroxyl groups is 1. The van der Waals surface area contributed by atoms with Crippen LogP contribution in [-0.4, -0.2) is 5.11 Å². The molecule has 1 saturated carbocycles. The molecule has 2 nitrogen and oxygen atoms in total. The highest BCUT2D eigenvalue weighted by Crippen LogP contribution is 2.46. The topological polar surface area (TPSA) is 33.4 Å². The molecule has 3 rings (SSSR count). The number of benzene rings is 1. The van der Waals surface area contributed by atoms with E-state index in [0.29, 0.717) is 11.3 Å². The van der Waals surface area contributed by atoms with E-state index >= 15 is 0 Å². The van der Waals surface area contributed by atoms with Crippen molar-refractivity contribution in [2.24, 2.45) is 11.3 Å². The molecule has 20 heavy (non-hydrogen) atoms. The van der Waals surface area contributed by atoms with Crippen LogP contribution in [0.2, 0.25) is 0 Å². The number of rotatable bonds is 1. The van der Waals surface area contributed by atoms with E-state index in [1.54, 1.807) is 0 Å². The summed E-state index contributed by atoms with van der Waals surface area (Å²) in [6, 6.07) is 9.97. The van der Waals surface area contributed by atoms with E-state index in [-0.39, 0.29) is 0 Å². The second-order valence-electron chi connectivity index (χ2n) is 7.32. The predicted molar refractivity (Wildman–Crippen MR) is 81.5 cm³/mol. The standard InChI is InChI=1S/C18H24O2/c1-17(2,3)14-8-10-18(19,11-9-14)16-12-13-6-4-5-7-15(13)20-16/h4-7,12,14,19H,8-11H2,1-3H3. The number of hydrogen-bond donors (Lipinski definition) is 1. The van der Waals surface area contributed by atoms with Crippen LogP contribution in [0.1, 0.15) is 52.2 Å². The Balaban J connectivity index is 1.83. The maximum Gasteiger partial charge on any atom is 0.136 e. The lowest BCUT2D eigenvalue weighted by molar-refractivity contribution is -0.0444. The van der Waals surface area contributed by atoms with Crippen LogP contribution in [0, 0.1) is 11.3 Å². The summed E-state index contributed by atoms with van der Waals surface area (Å²) in [6.45, 7) is 6.88. The molecule has 108 valence electrons. The van der Waals surface area contributed by atoms with Crippen molar-refractivity contribution in [2.45, 2.75) is 52.1 Å². The summed E-state index contributed by atoms with van der Waals surface area (Å²) in [5.74, 6) is 1.43. The number of furan rings is 1. The van der Waals surface area contributed by atoms with E-state index < -0.39 is 5.60 Å². The molecule has 0 spiro atoms. The van der Waals surface area contributed by atoms with Crippen molar-refractivity contribution in [2.75, 3.05) is 0 Å². The molecule has 0 unspecified atom stereocenters. The molecule has 1 fully saturated rings. The molecule has 1 N–H and O–H groups in total. The van der Waals surface area contributed by atoms with Crippen molar-refractivity contribution in [3.63, 3.8) is 0 Å². The lowest BCUT2D eigenvalue weighted by Crippen LogP contribution is -2.35. The zero-order chi connectivity index (χ0) is 14.4. The normalized spacial score (nSPS) is 27.9. The Bertz CT molecular complexity index is 562. The van der Waals surface area contributed by atoms with Crippen LogP contribution < -0.4 is 0 Å². The molecule has 0 aliphatic heterocycles. The third-order valence-electron chi connectivity index (χ3n) is 4.92. The summed E-state index contributed by atoms with van der Waals surface area (Å²) in [7, 11) is 0. The molecule has 2 heteroatoms. The maximum absolute atomic E-state index is 10.9. The van der Waals surface area contributed by atoms with Crippen molar-refractivity contribution >= 4 is 11.0 Å². The Morgan fingerprint density at radius 2 is 1.80 bits per heavy atom. The van der Waals surface area contributed by atoms with Crippen LogP contribution in [0.4, 0.5) is 0 Å².